The molecular formula is C14H12N4O2S. The lowest BCUT2D eigenvalue weighted by Crippen LogP contribution is -2.13. The van der Waals surface area contributed by atoms with Gasteiger partial charge in [-0.25, -0.2) is 8.42 Å². The summed E-state index contributed by atoms with van der Waals surface area (Å²) < 4.78 is 26.8. The average molecular weight is 300 g/mol. The first-order valence-electron chi connectivity index (χ1n) is 5.88. The average Bonchev–Trinajstić information content (AvgIpc) is 2.46. The van der Waals surface area contributed by atoms with Crippen LogP contribution in [0.3, 0.4) is 0 Å². The molecule has 0 unspecified atom stereocenters. The number of nitrogens with zero attached hydrogens (tertiary/aromatic N) is 1. The SMILES string of the molecule is N#Cc1cc(C=N)cc(NS(=O)(=O)c2ccc(N)cc2)c1. The Morgan fingerprint density at radius 1 is 1.19 bits per heavy atom. The Hall–Kier alpha value is -2.85. The van der Waals surface area contributed by atoms with E-state index in [2.05, 4.69) is 4.72 Å². The first kappa shape index (κ1) is 14.6. The molecule has 0 aromatic heterocycles. The lowest BCUT2D eigenvalue weighted by molar-refractivity contribution is 0.601. The topological polar surface area (TPSA) is 120 Å². The van der Waals surface area contributed by atoms with Gasteiger partial charge in [-0.2, -0.15) is 5.26 Å². The first-order chi connectivity index (χ1) is 9.94. The molecule has 0 heterocycles. The highest BCUT2D eigenvalue weighted by Gasteiger charge is 2.14. The summed E-state index contributed by atoms with van der Waals surface area (Å²) in [6, 6.07) is 12.1. The largest absolute Gasteiger partial charge is 0.399 e. The fourth-order valence-corrected chi connectivity index (χ4v) is 2.76. The second-order valence-corrected chi connectivity index (χ2v) is 5.96. The summed E-state index contributed by atoms with van der Waals surface area (Å²) in [5.74, 6) is 0. The van der Waals surface area contributed by atoms with E-state index in [1.165, 1.54) is 42.5 Å². The standard InChI is InChI=1S/C14H12N4O2S/c15-8-10-5-11(9-16)7-13(6-10)18-21(19,20)14-3-1-12(17)2-4-14/h1-8,15,18H,17H2. The maximum absolute atomic E-state index is 12.2. The molecule has 0 bridgehead atoms. The van der Waals surface area contributed by atoms with Crippen LogP contribution in [-0.2, 0) is 10.0 Å². The van der Waals surface area contributed by atoms with Crippen LogP contribution in [0.1, 0.15) is 11.1 Å². The zero-order valence-corrected chi connectivity index (χ0v) is 11.7. The van der Waals surface area contributed by atoms with Crippen molar-refractivity contribution < 1.29 is 8.42 Å². The summed E-state index contributed by atoms with van der Waals surface area (Å²) in [6.07, 6.45) is 1.04. The molecule has 6 nitrogen and oxygen atoms in total. The van der Waals surface area contributed by atoms with Crippen molar-refractivity contribution in [2.75, 3.05) is 10.5 Å². The van der Waals surface area contributed by atoms with Gasteiger partial charge in [-0.05, 0) is 48.0 Å². The highest BCUT2D eigenvalue weighted by atomic mass is 32.2. The van der Waals surface area contributed by atoms with Crippen LogP contribution < -0.4 is 10.5 Å². The van der Waals surface area contributed by atoms with Gasteiger partial charge in [0.15, 0.2) is 0 Å². The van der Waals surface area contributed by atoms with E-state index < -0.39 is 10.0 Å². The Bertz CT molecular complexity index is 821. The maximum atomic E-state index is 12.2. The number of hydrogen-bond donors (Lipinski definition) is 3. The quantitative estimate of drug-likeness (QED) is 0.590. The molecular weight excluding hydrogens is 288 g/mol. The molecule has 0 fully saturated rings. The van der Waals surface area contributed by atoms with Crippen LogP contribution in [0.15, 0.2) is 47.4 Å². The molecule has 0 saturated heterocycles. The van der Waals surface area contributed by atoms with Crippen molar-refractivity contribution in [1.82, 2.24) is 0 Å². The number of benzene rings is 2. The Labute approximate surface area is 122 Å². The fraction of sp³-hybridized carbons (Fsp3) is 0. The molecule has 0 radical (unpaired) electrons. The molecule has 0 amide bonds. The minimum absolute atomic E-state index is 0.0652. The summed E-state index contributed by atoms with van der Waals surface area (Å²) in [4.78, 5) is 0.0652. The van der Waals surface area contributed by atoms with E-state index >= 15 is 0 Å². The van der Waals surface area contributed by atoms with Crippen molar-refractivity contribution in [3.8, 4) is 6.07 Å². The summed E-state index contributed by atoms with van der Waals surface area (Å²) in [5, 5.41) is 16.1. The minimum atomic E-state index is -3.77. The first-order valence-corrected chi connectivity index (χ1v) is 7.37. The molecule has 7 heteroatoms. The Balaban J connectivity index is 2.39. The molecule has 2 aromatic rings. The predicted octanol–water partition coefficient (Wildman–Crippen LogP) is 1.94. The van der Waals surface area contributed by atoms with Crippen LogP contribution in [0, 0.1) is 16.7 Å². The van der Waals surface area contributed by atoms with E-state index in [-0.39, 0.29) is 16.1 Å². The molecule has 0 spiro atoms. The van der Waals surface area contributed by atoms with Crippen LogP contribution in [0.25, 0.3) is 0 Å². The van der Waals surface area contributed by atoms with Gasteiger partial charge >= 0.3 is 0 Å². The van der Waals surface area contributed by atoms with Gasteiger partial charge in [0.25, 0.3) is 10.0 Å². The van der Waals surface area contributed by atoms with E-state index in [1.807, 2.05) is 6.07 Å². The van der Waals surface area contributed by atoms with Crippen molar-refractivity contribution in [1.29, 1.82) is 10.7 Å². The second kappa shape index (κ2) is 5.64. The molecule has 0 aliphatic rings. The van der Waals surface area contributed by atoms with Gasteiger partial charge in [-0.1, -0.05) is 0 Å². The third-order valence-corrected chi connectivity index (χ3v) is 4.09. The summed E-state index contributed by atoms with van der Waals surface area (Å²) in [6.45, 7) is 0. The monoisotopic (exact) mass is 300 g/mol. The Morgan fingerprint density at radius 3 is 2.43 bits per heavy atom. The number of anilines is 2. The number of sulfonamides is 1. The van der Waals surface area contributed by atoms with E-state index in [0.717, 1.165) is 6.21 Å². The van der Waals surface area contributed by atoms with Gasteiger partial charge in [0, 0.05) is 11.9 Å². The molecule has 0 saturated carbocycles. The summed E-state index contributed by atoms with van der Waals surface area (Å²) in [5.41, 5.74) is 6.92. The van der Waals surface area contributed by atoms with Crippen LogP contribution in [0.2, 0.25) is 0 Å². The normalized spacial score (nSPS) is 10.6. The van der Waals surface area contributed by atoms with E-state index in [9.17, 15) is 8.42 Å². The van der Waals surface area contributed by atoms with Gasteiger partial charge in [-0.15, -0.1) is 0 Å². The second-order valence-electron chi connectivity index (χ2n) is 4.27. The number of nitrogen functional groups attached to an aromatic ring is 1. The highest BCUT2D eigenvalue weighted by molar-refractivity contribution is 7.92. The minimum Gasteiger partial charge on any atom is -0.399 e. The number of rotatable bonds is 4. The molecule has 0 atom stereocenters. The highest BCUT2D eigenvalue weighted by Crippen LogP contribution is 2.19. The number of nitrogens with one attached hydrogen (secondary N) is 2. The molecule has 106 valence electrons. The third-order valence-electron chi connectivity index (χ3n) is 2.69. The smallest absolute Gasteiger partial charge is 0.261 e. The van der Waals surface area contributed by atoms with Gasteiger partial charge in [-0.3, -0.25) is 4.72 Å². The lowest BCUT2D eigenvalue weighted by atomic mass is 10.1. The van der Waals surface area contributed by atoms with Gasteiger partial charge in [0.05, 0.1) is 22.2 Å². The van der Waals surface area contributed by atoms with Crippen molar-refractivity contribution >= 4 is 27.6 Å². The zero-order valence-electron chi connectivity index (χ0n) is 10.9. The van der Waals surface area contributed by atoms with Gasteiger partial charge < -0.3 is 11.1 Å². The van der Waals surface area contributed by atoms with Crippen molar-refractivity contribution in [3.05, 3.63) is 53.6 Å². The zero-order chi connectivity index (χ0) is 15.5. The Kier molecular flexibility index (Phi) is 3.91. The van der Waals surface area contributed by atoms with E-state index in [0.29, 0.717) is 11.3 Å². The van der Waals surface area contributed by atoms with Crippen LogP contribution >= 0.6 is 0 Å². The Morgan fingerprint density at radius 2 is 1.86 bits per heavy atom. The lowest BCUT2D eigenvalue weighted by Gasteiger charge is -2.09. The summed E-state index contributed by atoms with van der Waals surface area (Å²) in [7, 11) is -3.77. The summed E-state index contributed by atoms with van der Waals surface area (Å²) >= 11 is 0. The molecule has 0 aliphatic carbocycles. The number of nitriles is 1. The number of nitrogens with two attached hydrogens (primary N) is 1. The molecule has 0 aliphatic heterocycles. The third kappa shape index (κ3) is 3.38. The van der Waals surface area contributed by atoms with Gasteiger partial charge in [0.1, 0.15) is 0 Å². The van der Waals surface area contributed by atoms with Crippen LogP contribution in [0.4, 0.5) is 11.4 Å². The molecule has 21 heavy (non-hydrogen) atoms. The van der Waals surface area contributed by atoms with Crippen molar-refractivity contribution in [2.45, 2.75) is 4.90 Å². The molecule has 2 aromatic carbocycles. The maximum Gasteiger partial charge on any atom is 0.261 e. The predicted molar refractivity (Wildman–Crippen MR) is 80.7 cm³/mol. The number of hydrogen-bond acceptors (Lipinski definition) is 5. The van der Waals surface area contributed by atoms with Crippen molar-refractivity contribution in [2.24, 2.45) is 0 Å². The van der Waals surface area contributed by atoms with E-state index in [1.54, 1.807) is 0 Å². The van der Waals surface area contributed by atoms with E-state index in [4.69, 9.17) is 16.4 Å². The molecule has 2 rings (SSSR count). The van der Waals surface area contributed by atoms with Crippen LogP contribution in [0.5, 0.6) is 0 Å². The molecule has 4 N–H and O–H groups in total. The fourth-order valence-electron chi connectivity index (χ4n) is 1.72. The van der Waals surface area contributed by atoms with Crippen molar-refractivity contribution in [3.63, 3.8) is 0 Å². The van der Waals surface area contributed by atoms with Gasteiger partial charge in [0.2, 0.25) is 0 Å². The van der Waals surface area contributed by atoms with Crippen LogP contribution in [-0.4, -0.2) is 14.6 Å².